The van der Waals surface area contributed by atoms with Crippen molar-refractivity contribution in [3.05, 3.63) is 54.1 Å². The molecule has 1 N–H and O–H groups in total. The maximum Gasteiger partial charge on any atom is 0.304 e. The number of carbonyl (C=O) groups is 1. The first-order valence-corrected chi connectivity index (χ1v) is 12.9. The lowest BCUT2D eigenvalue weighted by molar-refractivity contribution is -0.122. The molecule has 0 radical (unpaired) electrons. The fraction of sp³-hybridized carbons (Fsp3) is 0.448. The summed E-state index contributed by atoms with van der Waals surface area (Å²) < 4.78 is 7.00. The molecule has 1 saturated carbocycles. The molecule has 1 aliphatic carbocycles. The lowest BCUT2D eigenvalue weighted by Gasteiger charge is -2.40. The molecular weight excluding hydrogens is 482 g/mol. The van der Waals surface area contributed by atoms with E-state index in [1.54, 1.807) is 19.2 Å². The molecule has 200 valence electrons. The Kier molecular flexibility index (Phi) is 6.96. The molecule has 1 aliphatic heterocycles. The van der Waals surface area contributed by atoms with Crippen LogP contribution in [0.3, 0.4) is 0 Å². The molecule has 9 nitrogen and oxygen atoms in total. The van der Waals surface area contributed by atoms with Crippen LogP contribution in [-0.4, -0.2) is 53.0 Å². The summed E-state index contributed by atoms with van der Waals surface area (Å²) in [6.07, 6.45) is 5.03. The molecule has 1 aromatic heterocycles. The maximum atomic E-state index is 12.3. The van der Waals surface area contributed by atoms with E-state index < -0.39 is 5.91 Å². The van der Waals surface area contributed by atoms with Crippen molar-refractivity contribution in [2.45, 2.75) is 52.7 Å². The molecule has 9 heteroatoms. The summed E-state index contributed by atoms with van der Waals surface area (Å²) >= 11 is 0. The largest absolute Gasteiger partial charge is 0.497 e. The number of fused-ring (bicyclic) bond motifs is 3. The zero-order chi connectivity index (χ0) is 26.9. The highest BCUT2D eigenvalue weighted by molar-refractivity contribution is 5.95. The maximum absolute atomic E-state index is 12.3. The quantitative estimate of drug-likeness (QED) is 0.229. The Balaban J connectivity index is 1.27. The van der Waals surface area contributed by atoms with E-state index >= 15 is 0 Å². The van der Waals surface area contributed by atoms with Gasteiger partial charge in [0.15, 0.2) is 12.3 Å². The summed E-state index contributed by atoms with van der Waals surface area (Å²) in [4.78, 5) is 19.8. The van der Waals surface area contributed by atoms with Gasteiger partial charge in [0.05, 0.1) is 25.5 Å². The minimum absolute atomic E-state index is 0.00653. The van der Waals surface area contributed by atoms with E-state index in [0.717, 1.165) is 35.2 Å². The number of amides is 1. The lowest BCUT2D eigenvalue weighted by Crippen LogP contribution is -2.35. The Bertz CT molecular complexity index is 1380. The highest BCUT2D eigenvalue weighted by Crippen LogP contribution is 2.53. The summed E-state index contributed by atoms with van der Waals surface area (Å²) in [6, 6.07) is 15.4. The van der Waals surface area contributed by atoms with E-state index in [0.29, 0.717) is 18.1 Å². The van der Waals surface area contributed by atoms with Crippen LogP contribution >= 0.6 is 0 Å². The first-order valence-electron chi connectivity index (χ1n) is 12.9. The summed E-state index contributed by atoms with van der Waals surface area (Å²) in [5.41, 5.74) is 2.54. The van der Waals surface area contributed by atoms with Gasteiger partial charge in [0.1, 0.15) is 5.75 Å². The topological polar surface area (TPSA) is 101 Å². The van der Waals surface area contributed by atoms with Crippen molar-refractivity contribution in [1.29, 1.82) is 0 Å². The van der Waals surface area contributed by atoms with E-state index in [-0.39, 0.29) is 23.6 Å². The molecule has 1 amide bonds. The van der Waals surface area contributed by atoms with Crippen LogP contribution in [0.2, 0.25) is 0 Å². The summed E-state index contributed by atoms with van der Waals surface area (Å²) in [7, 11) is 1.60. The summed E-state index contributed by atoms with van der Waals surface area (Å²) in [5.74, 6) is 0.147. The van der Waals surface area contributed by atoms with E-state index in [9.17, 15) is 9.90 Å². The van der Waals surface area contributed by atoms with E-state index in [1.807, 2.05) is 41.0 Å². The van der Waals surface area contributed by atoms with Gasteiger partial charge in [0.25, 0.3) is 0 Å². The number of hydrogen-bond donors (Lipinski definition) is 1. The van der Waals surface area contributed by atoms with Crippen LogP contribution in [0.15, 0.2) is 63.9 Å². The number of azo groups is 1. The molecule has 2 atom stereocenters. The van der Waals surface area contributed by atoms with Crippen molar-refractivity contribution in [2.24, 2.45) is 26.2 Å². The van der Waals surface area contributed by atoms with Crippen LogP contribution in [0, 0.1) is 10.8 Å². The second-order valence-corrected chi connectivity index (χ2v) is 11.6. The van der Waals surface area contributed by atoms with Crippen LogP contribution in [0.5, 0.6) is 11.6 Å². The number of oxime groups is 1. The highest BCUT2D eigenvalue weighted by atomic mass is 16.6. The van der Waals surface area contributed by atoms with Gasteiger partial charge in [-0.15, -0.1) is 10.2 Å². The molecule has 5 rings (SSSR count). The predicted octanol–water partition coefficient (Wildman–Crippen LogP) is 5.87. The monoisotopic (exact) mass is 517 g/mol. The first-order chi connectivity index (χ1) is 18.2. The fourth-order valence-corrected chi connectivity index (χ4v) is 6.45. The molecule has 1 saturated heterocycles. The number of nitrogens with zero attached hydrogens (tertiary/aromatic N) is 5. The average Bonchev–Trinajstić information content (AvgIpc) is 3.28. The van der Waals surface area contributed by atoms with Gasteiger partial charge < -0.3 is 14.7 Å². The molecule has 0 unspecified atom stereocenters. The van der Waals surface area contributed by atoms with Crippen LogP contribution in [0.25, 0.3) is 10.9 Å². The minimum atomic E-state index is -0.600. The molecule has 2 bridgehead atoms. The second kappa shape index (κ2) is 10.2. The van der Waals surface area contributed by atoms with Gasteiger partial charge >= 0.3 is 5.91 Å². The van der Waals surface area contributed by atoms with Gasteiger partial charge in [-0.05, 0) is 66.0 Å². The number of hydrogen-bond acceptors (Lipinski definition) is 7. The zero-order valence-corrected chi connectivity index (χ0v) is 22.4. The van der Waals surface area contributed by atoms with E-state index in [4.69, 9.17) is 9.57 Å². The molecule has 3 aromatic rings. The third kappa shape index (κ3) is 5.43. The Morgan fingerprint density at radius 3 is 2.66 bits per heavy atom. The van der Waals surface area contributed by atoms with E-state index in [1.165, 1.54) is 19.1 Å². The lowest BCUT2D eigenvalue weighted by atomic mass is 9.65. The Morgan fingerprint density at radius 2 is 1.89 bits per heavy atom. The number of aromatic hydroxyl groups is 1. The minimum Gasteiger partial charge on any atom is -0.497 e. The van der Waals surface area contributed by atoms with E-state index in [2.05, 4.69) is 41.1 Å². The van der Waals surface area contributed by atoms with Gasteiger partial charge in [-0.3, -0.25) is 14.3 Å². The smallest absolute Gasteiger partial charge is 0.304 e. The summed E-state index contributed by atoms with van der Waals surface area (Å²) in [6.45, 7) is 8.29. The molecule has 38 heavy (non-hydrogen) atoms. The number of rotatable bonds is 8. The Hall–Kier alpha value is -3.72. The third-order valence-electron chi connectivity index (χ3n) is 7.61. The average molecular weight is 518 g/mol. The van der Waals surface area contributed by atoms with Crippen molar-refractivity contribution < 1.29 is 19.5 Å². The number of methoxy groups -OCH3 is 1. The van der Waals surface area contributed by atoms with Crippen LogP contribution in [0.1, 0.15) is 45.6 Å². The molecule has 2 heterocycles. The van der Waals surface area contributed by atoms with Crippen LogP contribution in [-0.2, 0) is 16.3 Å². The van der Waals surface area contributed by atoms with Gasteiger partial charge in [0, 0.05) is 18.0 Å². The first kappa shape index (κ1) is 25.9. The number of aromatic nitrogens is 1. The molecule has 2 aliphatic rings. The number of ether oxygens (including phenoxy) is 1. The third-order valence-corrected chi connectivity index (χ3v) is 7.61. The number of likely N-dealkylation sites (tertiary alicyclic amines) is 1. The zero-order valence-electron chi connectivity index (χ0n) is 22.4. The van der Waals surface area contributed by atoms with Crippen molar-refractivity contribution in [1.82, 2.24) is 9.47 Å². The van der Waals surface area contributed by atoms with Gasteiger partial charge in [-0.1, -0.05) is 44.1 Å². The van der Waals surface area contributed by atoms with Crippen molar-refractivity contribution >= 4 is 28.7 Å². The summed E-state index contributed by atoms with van der Waals surface area (Å²) in [5, 5.41) is 23.7. The predicted molar refractivity (Wildman–Crippen MR) is 146 cm³/mol. The molecule has 2 aromatic carbocycles. The molecular formula is C29H35N5O4. The van der Waals surface area contributed by atoms with Gasteiger partial charge in [-0.2, -0.15) is 0 Å². The second-order valence-electron chi connectivity index (χ2n) is 11.6. The normalized spacial score (nSPS) is 23.0. The highest BCUT2D eigenvalue weighted by Gasteiger charge is 2.49. The Morgan fingerprint density at radius 1 is 1.13 bits per heavy atom. The standard InChI is InChI=1S/C29H35N5O4/c1-28(2)13-21-14-29(3,17-28)18-33(21)19-34-24-8-6-5-7-23(24)26(27(34)36)32-31-25(35)16-38-30-15-20-9-11-22(37-4)12-10-20/h5-12,15,21,36H,13-14,16-19H2,1-4H3/b30-15-,32-31?/t21-,29+/m0/s1. The molecule has 0 spiro atoms. The SMILES string of the molecule is COc1ccc(/C=N\OCC(=O)N=Nc2c(O)n(CN3C[C@]4(C)C[C@@H]3CC(C)(C)C4)c3ccccc23)cc1. The van der Waals surface area contributed by atoms with Gasteiger partial charge in [-0.25, -0.2) is 0 Å². The van der Waals surface area contributed by atoms with Crippen molar-refractivity contribution in [3.8, 4) is 11.6 Å². The van der Waals surface area contributed by atoms with Crippen molar-refractivity contribution in [3.63, 3.8) is 0 Å². The number of benzene rings is 2. The Labute approximate surface area is 222 Å². The number of carbonyl (C=O) groups excluding carboxylic acids is 1. The fourth-order valence-electron chi connectivity index (χ4n) is 6.45. The van der Waals surface area contributed by atoms with Crippen LogP contribution in [0.4, 0.5) is 5.69 Å². The van der Waals surface area contributed by atoms with Crippen LogP contribution < -0.4 is 4.74 Å². The number of para-hydroxylation sites is 1. The van der Waals surface area contributed by atoms with Gasteiger partial charge in [0.2, 0.25) is 5.88 Å². The molecule has 2 fully saturated rings. The van der Waals surface area contributed by atoms with Crippen molar-refractivity contribution in [2.75, 3.05) is 20.3 Å².